The summed E-state index contributed by atoms with van der Waals surface area (Å²) >= 11 is 0. The Morgan fingerprint density at radius 2 is 1.91 bits per heavy atom. The van der Waals surface area contributed by atoms with Gasteiger partial charge in [0.2, 0.25) is 0 Å². The molecule has 212 valence electrons. The monoisotopic (exact) mass is 580 g/mol. The van der Waals surface area contributed by atoms with Crippen LogP contribution in [0.4, 0.5) is 0 Å². The molecule has 1 aromatic heterocycles. The first-order valence-corrected chi connectivity index (χ1v) is 16.3. The Balaban J connectivity index is 1.25. The smallest absolute Gasteiger partial charge is 0.170 e. The highest BCUT2D eigenvalue weighted by atomic mass is 31.2. The van der Waals surface area contributed by atoms with E-state index < -0.39 is 7.14 Å². The Labute approximate surface area is 252 Å². The van der Waals surface area contributed by atoms with Gasteiger partial charge < -0.3 is 9.30 Å². The maximum absolute atomic E-state index is 15.0. The first-order chi connectivity index (χ1) is 20.9. The van der Waals surface area contributed by atoms with Crippen LogP contribution >= 0.6 is 7.14 Å². The molecule has 2 atom stereocenters. The summed E-state index contributed by atoms with van der Waals surface area (Å²) < 4.78 is 23.6. The number of ether oxygens (including phenoxy) is 1. The standard InChI is InChI=1S/C38H33N2O2P/c1-5-7-12-30(6-2)43(41,31-13-9-8-10-14-31)32-21-22-38(4)25-28(17-19-29(38)24-32)27-18-20-34-36(23-27)42-35-16-11-15-33-37(35)40(34)26(3)39-33/h5-21,23-25H,2,22H2,1,3-4H3/b7-5-,30-12+. The number of nitrogens with zero attached hydrogens (tertiary/aromatic N) is 2. The fourth-order valence-corrected chi connectivity index (χ4v) is 9.13. The number of hydrogen-bond acceptors (Lipinski definition) is 3. The van der Waals surface area contributed by atoms with Gasteiger partial charge in [0.05, 0.1) is 11.2 Å². The van der Waals surface area contributed by atoms with Crippen molar-refractivity contribution in [2.24, 2.45) is 5.41 Å². The van der Waals surface area contributed by atoms with E-state index >= 15 is 4.57 Å². The highest BCUT2D eigenvalue weighted by Gasteiger charge is 2.37. The van der Waals surface area contributed by atoms with Crippen molar-refractivity contribution in [3.63, 3.8) is 0 Å². The third kappa shape index (κ3) is 4.28. The molecule has 0 N–H and O–H groups in total. The Morgan fingerprint density at radius 1 is 1.07 bits per heavy atom. The number of allylic oxidation sites excluding steroid dienone is 13. The molecule has 0 saturated carbocycles. The Morgan fingerprint density at radius 3 is 2.70 bits per heavy atom. The SMILES string of the molecule is C=C/C(=C\C=C/C)P(=O)(C1=CCC2(C)C=C(c3ccc4c(c3)Oc3cccc5nc(C)n-4c35)C=CC2=C1)c1ccccc1. The first-order valence-electron chi connectivity index (χ1n) is 14.6. The van der Waals surface area contributed by atoms with E-state index in [0.717, 1.165) is 73.1 Å². The number of aryl methyl sites for hydroxylation is 1. The predicted molar refractivity (Wildman–Crippen MR) is 179 cm³/mol. The average molecular weight is 581 g/mol. The Hall–Kier alpha value is -4.66. The van der Waals surface area contributed by atoms with E-state index in [1.807, 2.05) is 80.6 Å². The molecular formula is C38H33N2O2P. The number of hydrogen-bond donors (Lipinski definition) is 0. The number of benzene rings is 3. The fourth-order valence-electron chi connectivity index (χ4n) is 6.42. The van der Waals surface area contributed by atoms with E-state index in [1.54, 1.807) is 6.08 Å². The van der Waals surface area contributed by atoms with E-state index in [-0.39, 0.29) is 5.41 Å². The summed E-state index contributed by atoms with van der Waals surface area (Å²) in [5.41, 5.74) is 6.11. The molecule has 4 nitrogen and oxygen atoms in total. The largest absolute Gasteiger partial charge is 0.453 e. The van der Waals surface area contributed by atoms with Crippen molar-refractivity contribution in [3.8, 4) is 17.2 Å². The molecule has 43 heavy (non-hydrogen) atoms. The van der Waals surface area contributed by atoms with Gasteiger partial charge >= 0.3 is 0 Å². The lowest BCUT2D eigenvalue weighted by Crippen LogP contribution is -2.21. The summed E-state index contributed by atoms with van der Waals surface area (Å²) in [5.74, 6) is 2.58. The Bertz CT molecular complexity index is 2050. The average Bonchev–Trinajstić information content (AvgIpc) is 3.37. The molecule has 0 saturated heterocycles. The van der Waals surface area contributed by atoms with Gasteiger partial charge in [0.25, 0.3) is 0 Å². The fraction of sp³-hybridized carbons (Fsp3) is 0.132. The van der Waals surface area contributed by atoms with Crippen molar-refractivity contribution >= 4 is 29.1 Å². The second-order valence-corrected chi connectivity index (χ2v) is 14.2. The molecule has 3 aromatic carbocycles. The summed E-state index contributed by atoms with van der Waals surface area (Å²) in [6, 6.07) is 22.2. The van der Waals surface area contributed by atoms with Crippen LogP contribution in [-0.2, 0) is 4.57 Å². The molecule has 4 aromatic rings. The van der Waals surface area contributed by atoms with Gasteiger partial charge in [0.15, 0.2) is 18.6 Å². The van der Waals surface area contributed by atoms with Crippen molar-refractivity contribution in [2.75, 3.05) is 0 Å². The molecule has 0 spiro atoms. The molecule has 7 rings (SSSR count). The van der Waals surface area contributed by atoms with Crippen LogP contribution in [0.1, 0.15) is 31.7 Å². The highest BCUT2D eigenvalue weighted by Crippen LogP contribution is 2.63. The lowest BCUT2D eigenvalue weighted by Gasteiger charge is -2.35. The number of aromatic nitrogens is 2. The summed E-state index contributed by atoms with van der Waals surface area (Å²) in [6.07, 6.45) is 19.3. The molecule has 1 aliphatic heterocycles. The quantitative estimate of drug-likeness (QED) is 0.148. The van der Waals surface area contributed by atoms with Gasteiger partial charge in [-0.3, -0.25) is 4.57 Å². The molecule has 0 amide bonds. The van der Waals surface area contributed by atoms with Gasteiger partial charge in [-0.25, -0.2) is 4.98 Å². The molecule has 5 heteroatoms. The zero-order chi connectivity index (χ0) is 29.8. The van der Waals surface area contributed by atoms with Gasteiger partial charge in [0, 0.05) is 21.3 Å². The van der Waals surface area contributed by atoms with Gasteiger partial charge in [-0.1, -0.05) is 105 Å². The summed E-state index contributed by atoms with van der Waals surface area (Å²) in [4.78, 5) is 4.74. The first kappa shape index (κ1) is 27.2. The number of para-hydroxylation sites is 1. The summed E-state index contributed by atoms with van der Waals surface area (Å²) in [6.45, 7) is 10.3. The van der Waals surface area contributed by atoms with Crippen molar-refractivity contribution < 1.29 is 9.30 Å². The van der Waals surface area contributed by atoms with Crippen LogP contribution in [0.2, 0.25) is 0 Å². The minimum absolute atomic E-state index is 0.229. The minimum atomic E-state index is -3.11. The van der Waals surface area contributed by atoms with Crippen LogP contribution in [0.25, 0.3) is 22.3 Å². The van der Waals surface area contributed by atoms with Crippen LogP contribution in [0.5, 0.6) is 11.5 Å². The third-order valence-electron chi connectivity index (χ3n) is 8.69. The van der Waals surface area contributed by atoms with E-state index in [4.69, 9.17) is 9.72 Å². The van der Waals surface area contributed by atoms with Gasteiger partial charge in [0.1, 0.15) is 11.3 Å². The maximum Gasteiger partial charge on any atom is 0.170 e. The van der Waals surface area contributed by atoms with Crippen molar-refractivity contribution in [3.05, 3.63) is 156 Å². The predicted octanol–water partition coefficient (Wildman–Crippen LogP) is 9.95. The zero-order valence-corrected chi connectivity index (χ0v) is 25.5. The minimum Gasteiger partial charge on any atom is -0.453 e. The lowest BCUT2D eigenvalue weighted by atomic mass is 9.72. The van der Waals surface area contributed by atoms with Gasteiger partial charge in [-0.15, -0.1) is 0 Å². The van der Waals surface area contributed by atoms with Crippen LogP contribution in [0.3, 0.4) is 0 Å². The van der Waals surface area contributed by atoms with Crippen molar-refractivity contribution in [2.45, 2.75) is 27.2 Å². The van der Waals surface area contributed by atoms with Gasteiger partial charge in [-0.05, 0) is 67.3 Å². The molecule has 2 heterocycles. The van der Waals surface area contributed by atoms with Crippen LogP contribution in [0, 0.1) is 12.3 Å². The topological polar surface area (TPSA) is 44.1 Å². The number of imidazole rings is 1. The number of fused-ring (bicyclic) bond motifs is 3. The summed E-state index contributed by atoms with van der Waals surface area (Å²) in [7, 11) is -3.11. The molecule has 2 aliphatic carbocycles. The second-order valence-electron chi connectivity index (χ2n) is 11.5. The van der Waals surface area contributed by atoms with Gasteiger partial charge in [-0.2, -0.15) is 0 Å². The van der Waals surface area contributed by atoms with E-state index in [0.29, 0.717) is 0 Å². The summed E-state index contributed by atoms with van der Waals surface area (Å²) in [5, 5.41) is 2.40. The zero-order valence-electron chi connectivity index (χ0n) is 24.6. The molecule has 3 aliphatic rings. The van der Waals surface area contributed by atoms with Crippen LogP contribution < -0.4 is 10.0 Å². The Kier molecular flexibility index (Phi) is 6.49. The molecule has 2 unspecified atom stereocenters. The molecule has 0 fully saturated rings. The van der Waals surface area contributed by atoms with Crippen LogP contribution in [-0.4, -0.2) is 9.55 Å². The molecule has 0 bridgehead atoms. The van der Waals surface area contributed by atoms with Crippen molar-refractivity contribution in [1.82, 2.24) is 9.55 Å². The van der Waals surface area contributed by atoms with E-state index in [9.17, 15) is 0 Å². The lowest BCUT2D eigenvalue weighted by molar-refractivity contribution is 0.474. The second kappa shape index (κ2) is 10.3. The van der Waals surface area contributed by atoms with Crippen molar-refractivity contribution in [1.29, 1.82) is 0 Å². The molecule has 0 radical (unpaired) electrons. The van der Waals surface area contributed by atoms with Crippen LogP contribution in [0.15, 0.2) is 144 Å². The highest BCUT2D eigenvalue weighted by molar-refractivity contribution is 7.79. The maximum atomic E-state index is 15.0. The van der Waals surface area contributed by atoms with E-state index in [1.165, 1.54) is 0 Å². The molecular weight excluding hydrogens is 547 g/mol. The third-order valence-corrected chi connectivity index (χ3v) is 11.8. The normalized spacial score (nSPS) is 20.4. The number of rotatable bonds is 6. The van der Waals surface area contributed by atoms with E-state index in [2.05, 4.69) is 66.6 Å².